The molecule has 106 valence electrons. The van der Waals surface area contributed by atoms with Crippen molar-refractivity contribution in [1.82, 2.24) is 4.90 Å². The maximum absolute atomic E-state index is 5.95. The minimum absolute atomic E-state index is 0.800. The second kappa shape index (κ2) is 6.91. The Morgan fingerprint density at radius 2 is 1.65 bits per heavy atom. The van der Waals surface area contributed by atoms with E-state index in [1.807, 2.05) is 12.1 Å². The van der Waals surface area contributed by atoms with Crippen molar-refractivity contribution >= 4 is 21.6 Å². The van der Waals surface area contributed by atoms with Crippen LogP contribution < -0.4 is 5.73 Å². The van der Waals surface area contributed by atoms with Crippen LogP contribution in [0.25, 0.3) is 0 Å². The monoisotopic (exact) mass is 332 g/mol. The van der Waals surface area contributed by atoms with Gasteiger partial charge in [0.15, 0.2) is 0 Å². The zero-order valence-corrected chi connectivity index (χ0v) is 13.7. The Kier molecular flexibility index (Phi) is 5.21. The molecule has 2 rings (SSSR count). The van der Waals surface area contributed by atoms with Gasteiger partial charge in [-0.2, -0.15) is 0 Å². The Labute approximate surface area is 129 Å². The lowest BCUT2D eigenvalue weighted by molar-refractivity contribution is 0.270. The Morgan fingerprint density at radius 1 is 1.00 bits per heavy atom. The molecule has 0 atom stereocenters. The molecule has 3 heteroatoms. The zero-order valence-electron chi connectivity index (χ0n) is 12.1. The Bertz CT molecular complexity index is 581. The van der Waals surface area contributed by atoms with E-state index >= 15 is 0 Å². The maximum Gasteiger partial charge on any atom is 0.0461 e. The summed E-state index contributed by atoms with van der Waals surface area (Å²) < 4.78 is 1.02. The van der Waals surface area contributed by atoms with E-state index < -0.39 is 0 Å². The normalized spacial score (nSPS) is 11.0. The molecule has 20 heavy (non-hydrogen) atoms. The maximum atomic E-state index is 5.95. The van der Waals surface area contributed by atoms with Crippen LogP contribution in [0.4, 0.5) is 5.69 Å². The first kappa shape index (κ1) is 15.1. The van der Waals surface area contributed by atoms with E-state index in [-0.39, 0.29) is 0 Å². The summed E-state index contributed by atoms with van der Waals surface area (Å²) in [5, 5.41) is 0. The highest BCUT2D eigenvalue weighted by molar-refractivity contribution is 9.10. The lowest BCUT2D eigenvalue weighted by atomic mass is 10.1. The van der Waals surface area contributed by atoms with Gasteiger partial charge in [-0.05, 0) is 52.2 Å². The molecule has 0 aromatic heterocycles. The van der Waals surface area contributed by atoms with Crippen molar-refractivity contribution in [2.45, 2.75) is 26.9 Å². The third kappa shape index (κ3) is 3.62. The summed E-state index contributed by atoms with van der Waals surface area (Å²) in [5.41, 5.74) is 10.7. The van der Waals surface area contributed by atoms with Crippen LogP contribution in [0.15, 0.2) is 46.9 Å². The van der Waals surface area contributed by atoms with Crippen LogP contribution in [0.1, 0.15) is 23.6 Å². The summed E-state index contributed by atoms with van der Waals surface area (Å²) >= 11 is 3.59. The molecule has 0 saturated carbocycles. The fraction of sp³-hybridized carbons (Fsp3) is 0.294. The highest BCUT2D eigenvalue weighted by Crippen LogP contribution is 2.25. The summed E-state index contributed by atoms with van der Waals surface area (Å²) in [5.74, 6) is 0. The Hall–Kier alpha value is -1.32. The molecule has 2 aromatic rings. The molecule has 0 spiro atoms. The smallest absolute Gasteiger partial charge is 0.0461 e. The van der Waals surface area contributed by atoms with Crippen LogP contribution in [0, 0.1) is 6.92 Å². The number of nitrogens with zero attached hydrogens (tertiary/aromatic N) is 1. The summed E-state index contributed by atoms with van der Waals surface area (Å²) in [4.78, 5) is 2.42. The number of aryl methyl sites for hydroxylation is 1. The van der Waals surface area contributed by atoms with Crippen molar-refractivity contribution in [3.63, 3.8) is 0 Å². The van der Waals surface area contributed by atoms with Crippen molar-refractivity contribution in [2.75, 3.05) is 12.3 Å². The van der Waals surface area contributed by atoms with Gasteiger partial charge in [0, 0.05) is 23.2 Å². The van der Waals surface area contributed by atoms with Gasteiger partial charge in [-0.3, -0.25) is 4.90 Å². The molecule has 2 aromatic carbocycles. The van der Waals surface area contributed by atoms with Crippen LogP contribution in [0.2, 0.25) is 0 Å². The second-order valence-electron chi connectivity index (χ2n) is 5.05. The summed E-state index contributed by atoms with van der Waals surface area (Å²) in [6, 6.07) is 14.6. The number of benzene rings is 2. The van der Waals surface area contributed by atoms with Gasteiger partial charge in [-0.1, -0.05) is 43.3 Å². The van der Waals surface area contributed by atoms with Crippen molar-refractivity contribution < 1.29 is 0 Å². The van der Waals surface area contributed by atoms with Crippen LogP contribution >= 0.6 is 15.9 Å². The molecule has 0 fully saturated rings. The first-order valence-corrected chi connectivity index (χ1v) is 7.70. The van der Waals surface area contributed by atoms with E-state index in [4.69, 9.17) is 5.73 Å². The van der Waals surface area contributed by atoms with E-state index in [0.29, 0.717) is 0 Å². The molecule has 0 aliphatic carbocycles. The van der Waals surface area contributed by atoms with E-state index in [1.54, 1.807) is 0 Å². The van der Waals surface area contributed by atoms with Crippen LogP contribution in [0.5, 0.6) is 0 Å². The largest absolute Gasteiger partial charge is 0.398 e. The predicted octanol–water partition coefficient (Wildman–Crippen LogP) is 4.36. The van der Waals surface area contributed by atoms with Gasteiger partial charge in [0.25, 0.3) is 0 Å². The van der Waals surface area contributed by atoms with Crippen molar-refractivity contribution in [3.8, 4) is 0 Å². The quantitative estimate of drug-likeness (QED) is 0.824. The van der Waals surface area contributed by atoms with E-state index in [0.717, 1.165) is 29.8 Å². The summed E-state index contributed by atoms with van der Waals surface area (Å²) in [6.45, 7) is 7.23. The molecule has 0 amide bonds. The Morgan fingerprint density at radius 3 is 2.35 bits per heavy atom. The fourth-order valence-corrected chi connectivity index (χ4v) is 2.66. The van der Waals surface area contributed by atoms with Crippen molar-refractivity contribution in [3.05, 3.63) is 63.6 Å². The highest BCUT2D eigenvalue weighted by Gasteiger charge is 2.10. The van der Waals surface area contributed by atoms with Crippen molar-refractivity contribution in [1.29, 1.82) is 0 Å². The average molecular weight is 333 g/mol. The van der Waals surface area contributed by atoms with Crippen LogP contribution in [0.3, 0.4) is 0 Å². The highest BCUT2D eigenvalue weighted by atomic mass is 79.9. The second-order valence-corrected chi connectivity index (χ2v) is 5.84. The molecule has 2 N–H and O–H groups in total. The van der Waals surface area contributed by atoms with Gasteiger partial charge >= 0.3 is 0 Å². The number of anilines is 1. The number of rotatable bonds is 5. The summed E-state index contributed by atoms with van der Waals surface area (Å²) in [7, 11) is 0. The standard InChI is InChI=1S/C17H21BrN2/c1-3-20(11-14-8-5-4-7-13(14)2)12-15-9-6-10-16(19)17(15)18/h4-10H,3,11-12,19H2,1-2H3. The molecule has 0 unspecified atom stereocenters. The first-order chi connectivity index (χ1) is 9.61. The molecular weight excluding hydrogens is 312 g/mol. The molecule has 0 heterocycles. The van der Waals surface area contributed by atoms with Gasteiger partial charge < -0.3 is 5.73 Å². The topological polar surface area (TPSA) is 29.3 Å². The average Bonchev–Trinajstić information content (AvgIpc) is 2.45. The number of hydrogen-bond acceptors (Lipinski definition) is 2. The molecule has 0 radical (unpaired) electrons. The Balaban J connectivity index is 2.14. The van der Waals surface area contributed by atoms with Gasteiger partial charge in [0.1, 0.15) is 0 Å². The van der Waals surface area contributed by atoms with Gasteiger partial charge in [0.05, 0.1) is 0 Å². The lowest BCUT2D eigenvalue weighted by Gasteiger charge is -2.22. The third-order valence-electron chi connectivity index (χ3n) is 3.60. The number of nitrogen functional groups attached to an aromatic ring is 1. The molecule has 2 nitrogen and oxygen atoms in total. The minimum Gasteiger partial charge on any atom is -0.398 e. The van der Waals surface area contributed by atoms with E-state index in [1.165, 1.54) is 16.7 Å². The van der Waals surface area contributed by atoms with E-state index in [9.17, 15) is 0 Å². The molecule has 0 aliphatic rings. The molecule has 0 saturated heterocycles. The van der Waals surface area contributed by atoms with E-state index in [2.05, 4.69) is 65.0 Å². The lowest BCUT2D eigenvalue weighted by Crippen LogP contribution is -2.23. The van der Waals surface area contributed by atoms with Crippen molar-refractivity contribution in [2.24, 2.45) is 0 Å². The van der Waals surface area contributed by atoms with Crippen LogP contribution in [-0.2, 0) is 13.1 Å². The number of nitrogens with two attached hydrogens (primary N) is 1. The van der Waals surface area contributed by atoms with Gasteiger partial charge in [-0.15, -0.1) is 0 Å². The third-order valence-corrected chi connectivity index (χ3v) is 4.57. The zero-order chi connectivity index (χ0) is 14.5. The predicted molar refractivity (Wildman–Crippen MR) is 89.5 cm³/mol. The minimum atomic E-state index is 0.800. The first-order valence-electron chi connectivity index (χ1n) is 6.91. The van der Waals surface area contributed by atoms with Gasteiger partial charge in [0.2, 0.25) is 0 Å². The number of hydrogen-bond donors (Lipinski definition) is 1. The molecule has 0 aliphatic heterocycles. The van der Waals surface area contributed by atoms with Crippen LogP contribution in [-0.4, -0.2) is 11.4 Å². The summed E-state index contributed by atoms with van der Waals surface area (Å²) in [6.07, 6.45) is 0. The SMILES string of the molecule is CCN(Cc1ccccc1C)Cc1cccc(N)c1Br. The van der Waals surface area contributed by atoms with Gasteiger partial charge in [-0.25, -0.2) is 0 Å². The number of halogens is 1. The fourth-order valence-electron chi connectivity index (χ4n) is 2.27. The molecule has 0 bridgehead atoms. The molecular formula is C17H21BrN2.